The number of phenols is 1. The van der Waals surface area contributed by atoms with E-state index in [2.05, 4.69) is 52.0 Å². The first-order valence-corrected chi connectivity index (χ1v) is 11.1. The third-order valence-corrected chi connectivity index (χ3v) is 5.34. The minimum absolute atomic E-state index is 0.0171. The molecule has 4 N–H and O–H groups in total. The molecule has 0 aliphatic heterocycles. The van der Waals surface area contributed by atoms with Crippen molar-refractivity contribution in [3.63, 3.8) is 0 Å². The van der Waals surface area contributed by atoms with Gasteiger partial charge in [-0.1, -0.05) is 0 Å². The molecule has 0 radical (unpaired) electrons. The van der Waals surface area contributed by atoms with Crippen molar-refractivity contribution < 1.29 is 19.0 Å². The Hall–Kier alpha value is -4.32. The normalized spacial score (nSPS) is 10.8. The van der Waals surface area contributed by atoms with Crippen LogP contribution in [-0.4, -0.2) is 40.5 Å². The summed E-state index contributed by atoms with van der Waals surface area (Å²) in [4.78, 5) is 13.2. The van der Waals surface area contributed by atoms with Crippen LogP contribution in [0.4, 0.5) is 23.5 Å². The van der Waals surface area contributed by atoms with Gasteiger partial charge in [-0.25, -0.2) is 5.43 Å². The Morgan fingerprint density at radius 1 is 1.03 bits per heavy atom. The molecule has 35 heavy (non-hydrogen) atoms. The zero-order valence-corrected chi connectivity index (χ0v) is 20.4. The van der Waals surface area contributed by atoms with Crippen LogP contribution >= 0.6 is 15.9 Å². The van der Waals surface area contributed by atoms with Crippen molar-refractivity contribution in [2.24, 2.45) is 5.10 Å². The Balaban J connectivity index is 1.55. The van der Waals surface area contributed by atoms with Gasteiger partial charge >= 0.3 is 0 Å². The highest BCUT2D eigenvalue weighted by molar-refractivity contribution is 9.10. The largest absolute Gasteiger partial charge is 0.504 e. The number of rotatable bonds is 10. The van der Waals surface area contributed by atoms with E-state index < -0.39 is 0 Å². The molecule has 11 nitrogen and oxygen atoms in total. The van der Waals surface area contributed by atoms with Crippen molar-refractivity contribution in [1.29, 1.82) is 0 Å². The number of phenolic OH excluding ortho intramolecular Hbond substituents is 1. The first-order valence-electron chi connectivity index (χ1n) is 10.3. The number of hydrazone groups is 1. The van der Waals surface area contributed by atoms with E-state index >= 15 is 0 Å². The van der Waals surface area contributed by atoms with Gasteiger partial charge in [-0.05, 0) is 64.5 Å². The summed E-state index contributed by atoms with van der Waals surface area (Å²) < 4.78 is 16.3. The smallest absolute Gasteiger partial charge is 0.250 e. The van der Waals surface area contributed by atoms with E-state index in [1.807, 2.05) is 30.3 Å². The average molecular weight is 540 g/mol. The molecule has 0 fully saturated rings. The van der Waals surface area contributed by atoms with Gasteiger partial charge in [0.2, 0.25) is 17.8 Å². The van der Waals surface area contributed by atoms with Gasteiger partial charge in [-0.2, -0.15) is 20.1 Å². The van der Waals surface area contributed by atoms with E-state index in [4.69, 9.17) is 13.9 Å². The molecule has 0 saturated carbocycles. The third-order valence-electron chi connectivity index (χ3n) is 4.65. The highest BCUT2D eigenvalue weighted by atomic mass is 79.9. The van der Waals surface area contributed by atoms with Gasteiger partial charge in [-0.15, -0.1) is 0 Å². The average Bonchev–Trinajstić information content (AvgIpc) is 3.38. The van der Waals surface area contributed by atoms with Gasteiger partial charge in [0.1, 0.15) is 11.5 Å². The maximum absolute atomic E-state index is 9.88. The molecular formula is C23H22BrN7O4. The molecule has 0 atom stereocenters. The van der Waals surface area contributed by atoms with Crippen molar-refractivity contribution in [1.82, 2.24) is 15.0 Å². The van der Waals surface area contributed by atoms with E-state index in [-0.39, 0.29) is 11.7 Å². The topological polar surface area (TPSA) is 139 Å². The Labute approximate surface area is 209 Å². The van der Waals surface area contributed by atoms with Gasteiger partial charge in [0.25, 0.3) is 0 Å². The molecule has 0 unspecified atom stereocenters. The number of furan rings is 1. The van der Waals surface area contributed by atoms with Crippen molar-refractivity contribution in [2.45, 2.75) is 6.54 Å². The number of halogens is 1. The summed E-state index contributed by atoms with van der Waals surface area (Å²) in [6, 6.07) is 14.2. The number of methoxy groups -OCH3 is 2. The molecule has 180 valence electrons. The molecular weight excluding hydrogens is 518 g/mol. The molecule has 0 saturated heterocycles. The lowest BCUT2D eigenvalue weighted by Gasteiger charge is -2.10. The second kappa shape index (κ2) is 11.2. The van der Waals surface area contributed by atoms with Crippen molar-refractivity contribution in [2.75, 3.05) is 30.3 Å². The summed E-state index contributed by atoms with van der Waals surface area (Å²) >= 11 is 3.39. The second-order valence-corrected chi connectivity index (χ2v) is 7.86. The standard InChI is InChI=1S/C23H22BrN7O4/c1-33-16-7-5-15(6-8-16)27-22-28-21(25-13-17-4-3-9-35-17)29-23(30-22)31-26-12-14-10-20(34-2)19(32)11-18(14)24/h3-12,32H,13H2,1-2H3,(H3,25,27,28,29,30,31). The van der Waals surface area contributed by atoms with E-state index in [0.29, 0.717) is 34.2 Å². The van der Waals surface area contributed by atoms with E-state index in [0.717, 1.165) is 17.2 Å². The van der Waals surface area contributed by atoms with Gasteiger partial charge < -0.3 is 29.6 Å². The maximum Gasteiger partial charge on any atom is 0.250 e. The molecule has 0 bridgehead atoms. The number of anilines is 4. The predicted octanol–water partition coefficient (Wildman–Crippen LogP) is 4.75. The highest BCUT2D eigenvalue weighted by Gasteiger charge is 2.09. The molecule has 0 aliphatic carbocycles. The number of aromatic nitrogens is 3. The quantitative estimate of drug-likeness (QED) is 0.165. The second-order valence-electron chi connectivity index (χ2n) is 7.01. The molecule has 0 amide bonds. The summed E-state index contributed by atoms with van der Waals surface area (Å²) in [5.41, 5.74) is 4.25. The Morgan fingerprint density at radius 2 is 1.80 bits per heavy atom. The predicted molar refractivity (Wildman–Crippen MR) is 136 cm³/mol. The minimum Gasteiger partial charge on any atom is -0.504 e. The fourth-order valence-electron chi connectivity index (χ4n) is 2.92. The van der Waals surface area contributed by atoms with Gasteiger partial charge in [0.05, 0.1) is 33.2 Å². The number of nitrogens with zero attached hydrogens (tertiary/aromatic N) is 4. The van der Waals surface area contributed by atoms with Crippen molar-refractivity contribution in [3.05, 3.63) is 70.6 Å². The van der Waals surface area contributed by atoms with Gasteiger partial charge in [0.15, 0.2) is 11.5 Å². The lowest BCUT2D eigenvalue weighted by molar-refractivity contribution is 0.373. The molecule has 2 heterocycles. The summed E-state index contributed by atoms with van der Waals surface area (Å²) in [6.07, 6.45) is 3.14. The SMILES string of the molecule is COc1ccc(Nc2nc(NCc3ccco3)nc(NN=Cc3cc(OC)c(O)cc3Br)n2)cc1. The minimum atomic E-state index is 0.0171. The fourth-order valence-corrected chi connectivity index (χ4v) is 3.36. The summed E-state index contributed by atoms with van der Waals surface area (Å²) in [7, 11) is 3.08. The highest BCUT2D eigenvalue weighted by Crippen LogP contribution is 2.31. The number of benzene rings is 2. The Morgan fingerprint density at radius 3 is 2.51 bits per heavy atom. The molecule has 0 aliphatic rings. The number of nitrogens with one attached hydrogen (secondary N) is 3. The molecule has 4 aromatic rings. The van der Waals surface area contributed by atoms with Crippen LogP contribution in [0.3, 0.4) is 0 Å². The van der Waals surface area contributed by atoms with Crippen LogP contribution in [0.1, 0.15) is 11.3 Å². The molecule has 2 aromatic carbocycles. The number of hydrogen-bond acceptors (Lipinski definition) is 11. The molecule has 2 aromatic heterocycles. The monoisotopic (exact) mass is 539 g/mol. The maximum atomic E-state index is 9.88. The zero-order valence-electron chi connectivity index (χ0n) is 18.8. The molecule has 0 spiro atoms. The first-order chi connectivity index (χ1) is 17.0. The Bertz CT molecular complexity index is 1300. The van der Waals surface area contributed by atoms with E-state index in [1.165, 1.54) is 13.2 Å². The van der Waals surface area contributed by atoms with E-state index in [9.17, 15) is 5.11 Å². The lowest BCUT2D eigenvalue weighted by atomic mass is 10.2. The lowest BCUT2D eigenvalue weighted by Crippen LogP contribution is -2.09. The number of hydrogen-bond donors (Lipinski definition) is 4. The van der Waals surface area contributed by atoms with Crippen LogP contribution in [0, 0.1) is 0 Å². The third kappa shape index (κ3) is 6.38. The molecule has 4 rings (SSSR count). The Kier molecular flexibility index (Phi) is 7.63. The number of ether oxygens (including phenoxy) is 2. The van der Waals surface area contributed by atoms with Crippen LogP contribution in [-0.2, 0) is 6.54 Å². The van der Waals surface area contributed by atoms with Crippen LogP contribution in [0.15, 0.2) is 68.8 Å². The summed E-state index contributed by atoms with van der Waals surface area (Å²) in [5, 5.41) is 20.3. The van der Waals surface area contributed by atoms with Crippen LogP contribution in [0.25, 0.3) is 0 Å². The van der Waals surface area contributed by atoms with Gasteiger partial charge in [-0.3, -0.25) is 0 Å². The van der Waals surface area contributed by atoms with Gasteiger partial charge in [0, 0.05) is 15.7 Å². The number of aromatic hydroxyl groups is 1. The summed E-state index contributed by atoms with van der Waals surface area (Å²) in [6.45, 7) is 0.391. The van der Waals surface area contributed by atoms with Crippen molar-refractivity contribution >= 4 is 45.7 Å². The van der Waals surface area contributed by atoms with Crippen molar-refractivity contribution in [3.8, 4) is 17.2 Å². The first kappa shape index (κ1) is 23.8. The van der Waals surface area contributed by atoms with E-state index in [1.54, 1.807) is 31.7 Å². The fraction of sp³-hybridized carbons (Fsp3) is 0.130. The molecule has 12 heteroatoms. The van der Waals surface area contributed by atoms with Crippen LogP contribution in [0.5, 0.6) is 17.2 Å². The summed E-state index contributed by atoms with van der Waals surface area (Å²) in [5.74, 6) is 2.63. The zero-order chi connectivity index (χ0) is 24.6. The van der Waals surface area contributed by atoms with Crippen LogP contribution in [0.2, 0.25) is 0 Å². The van der Waals surface area contributed by atoms with Crippen LogP contribution < -0.4 is 25.5 Å².